The van der Waals surface area contributed by atoms with Gasteiger partial charge in [0.05, 0.1) is 5.57 Å². The molecule has 1 aliphatic heterocycles. The Hall–Kier alpha value is -3.41. The lowest BCUT2D eigenvalue weighted by atomic mass is 9.87. The summed E-state index contributed by atoms with van der Waals surface area (Å²) in [5.41, 5.74) is 3.72. The number of amides is 3. The summed E-state index contributed by atoms with van der Waals surface area (Å²) in [4.78, 5) is 37.7. The Kier molecular flexibility index (Phi) is 5.29. The first-order chi connectivity index (χ1) is 13.6. The first-order valence-electron chi connectivity index (χ1n) is 9.40. The van der Waals surface area contributed by atoms with Crippen LogP contribution >= 0.6 is 0 Å². The third-order valence-corrected chi connectivity index (χ3v) is 4.80. The Balaban J connectivity index is 1.96. The molecular formula is C23H25N3O3. The molecule has 3 rings (SSSR count). The van der Waals surface area contributed by atoms with Gasteiger partial charge in [-0.1, -0.05) is 45.0 Å². The lowest BCUT2D eigenvalue weighted by Gasteiger charge is -2.19. The topological polar surface area (TPSA) is 78.5 Å². The number of nitrogens with zero attached hydrogens (tertiary/aromatic N) is 1. The van der Waals surface area contributed by atoms with E-state index in [1.54, 1.807) is 24.3 Å². The van der Waals surface area contributed by atoms with Crippen LogP contribution in [0.15, 0.2) is 54.2 Å². The van der Waals surface area contributed by atoms with E-state index in [1.807, 2.05) is 24.3 Å². The van der Waals surface area contributed by atoms with Gasteiger partial charge in [0.1, 0.15) is 5.70 Å². The van der Waals surface area contributed by atoms with E-state index in [2.05, 4.69) is 31.4 Å². The molecule has 0 aromatic heterocycles. The second-order valence-corrected chi connectivity index (χ2v) is 8.13. The SMILES string of the molecule is CC(=O)Nc1ccc(C2=C(Nc3ccc(C(C)(C)C)cc3)C(=O)N(C)C2=O)cc1. The van der Waals surface area contributed by atoms with E-state index < -0.39 is 0 Å². The molecular weight excluding hydrogens is 366 g/mol. The number of likely N-dealkylation sites (N-methyl/N-ethyl adjacent to an activating group) is 1. The fourth-order valence-electron chi connectivity index (χ4n) is 3.15. The monoisotopic (exact) mass is 391 g/mol. The van der Waals surface area contributed by atoms with E-state index in [9.17, 15) is 14.4 Å². The van der Waals surface area contributed by atoms with E-state index >= 15 is 0 Å². The number of nitrogens with one attached hydrogen (secondary N) is 2. The highest BCUT2D eigenvalue weighted by atomic mass is 16.2. The van der Waals surface area contributed by atoms with Gasteiger partial charge in [-0.05, 0) is 40.8 Å². The molecule has 0 unspecified atom stereocenters. The van der Waals surface area contributed by atoms with Crippen LogP contribution in [-0.4, -0.2) is 29.7 Å². The zero-order chi connectivity index (χ0) is 21.3. The number of hydrogen-bond acceptors (Lipinski definition) is 4. The fraction of sp³-hybridized carbons (Fsp3) is 0.261. The first kappa shape index (κ1) is 20.3. The minimum atomic E-state index is -0.379. The molecule has 0 atom stereocenters. The van der Waals surface area contributed by atoms with Crippen LogP contribution in [0.5, 0.6) is 0 Å². The smallest absolute Gasteiger partial charge is 0.277 e. The third kappa shape index (κ3) is 4.21. The van der Waals surface area contributed by atoms with Crippen LogP contribution in [0.25, 0.3) is 5.57 Å². The molecule has 0 saturated heterocycles. The highest BCUT2D eigenvalue weighted by Gasteiger charge is 2.36. The second kappa shape index (κ2) is 7.54. The highest BCUT2D eigenvalue weighted by molar-refractivity contribution is 6.36. The zero-order valence-electron chi connectivity index (χ0n) is 17.3. The molecule has 150 valence electrons. The lowest BCUT2D eigenvalue weighted by Crippen LogP contribution is -2.27. The van der Waals surface area contributed by atoms with Crippen molar-refractivity contribution < 1.29 is 14.4 Å². The molecule has 0 radical (unpaired) electrons. The standard InChI is InChI=1S/C23H25N3O3/c1-14(27)24-17-10-6-15(7-11-17)19-20(22(29)26(5)21(19)28)25-18-12-8-16(9-13-18)23(2,3)4/h6-13,25H,1-5H3,(H,24,27). The summed E-state index contributed by atoms with van der Waals surface area (Å²) in [5, 5.41) is 5.81. The Bertz CT molecular complexity index is 997. The Morgan fingerprint density at radius 3 is 1.93 bits per heavy atom. The molecule has 3 amide bonds. The van der Waals surface area contributed by atoms with Gasteiger partial charge in [-0.15, -0.1) is 0 Å². The van der Waals surface area contributed by atoms with Crippen LogP contribution in [0, 0.1) is 0 Å². The van der Waals surface area contributed by atoms with Crippen LogP contribution in [0.2, 0.25) is 0 Å². The molecule has 2 aromatic carbocycles. The van der Waals surface area contributed by atoms with Crippen molar-refractivity contribution in [2.24, 2.45) is 0 Å². The number of anilines is 2. The molecule has 0 saturated carbocycles. The maximum absolute atomic E-state index is 12.7. The molecule has 0 bridgehead atoms. The highest BCUT2D eigenvalue weighted by Crippen LogP contribution is 2.31. The quantitative estimate of drug-likeness (QED) is 0.778. The van der Waals surface area contributed by atoms with Crippen LogP contribution in [0.1, 0.15) is 38.8 Å². The van der Waals surface area contributed by atoms with Gasteiger partial charge >= 0.3 is 0 Å². The van der Waals surface area contributed by atoms with Crippen molar-refractivity contribution >= 4 is 34.7 Å². The minimum Gasteiger partial charge on any atom is -0.350 e. The number of imide groups is 1. The maximum atomic E-state index is 12.7. The van der Waals surface area contributed by atoms with Crippen molar-refractivity contribution in [2.75, 3.05) is 17.7 Å². The molecule has 0 fully saturated rings. The summed E-state index contributed by atoms with van der Waals surface area (Å²) < 4.78 is 0. The van der Waals surface area contributed by atoms with Gasteiger partial charge < -0.3 is 10.6 Å². The maximum Gasteiger partial charge on any atom is 0.277 e. The Labute approximate surface area is 170 Å². The van der Waals surface area contributed by atoms with Crippen molar-refractivity contribution in [1.29, 1.82) is 0 Å². The van der Waals surface area contributed by atoms with Gasteiger partial charge in [-0.25, -0.2) is 0 Å². The van der Waals surface area contributed by atoms with Crippen molar-refractivity contribution in [3.05, 3.63) is 65.4 Å². The molecule has 0 spiro atoms. The van der Waals surface area contributed by atoms with E-state index in [4.69, 9.17) is 0 Å². The minimum absolute atomic E-state index is 0.0258. The molecule has 2 N–H and O–H groups in total. The third-order valence-electron chi connectivity index (χ3n) is 4.80. The first-order valence-corrected chi connectivity index (χ1v) is 9.40. The molecule has 0 aliphatic carbocycles. The number of carbonyl (C=O) groups excluding carboxylic acids is 3. The van der Waals surface area contributed by atoms with Gasteiger partial charge in [-0.3, -0.25) is 19.3 Å². The molecule has 6 nitrogen and oxygen atoms in total. The number of carbonyl (C=O) groups is 3. The van der Waals surface area contributed by atoms with Crippen LogP contribution < -0.4 is 10.6 Å². The average Bonchev–Trinajstić information content (AvgIpc) is 2.86. The Morgan fingerprint density at radius 1 is 0.862 bits per heavy atom. The normalized spacial score (nSPS) is 14.4. The summed E-state index contributed by atoms with van der Waals surface area (Å²) in [7, 11) is 1.47. The van der Waals surface area contributed by atoms with Gasteiger partial charge in [0.25, 0.3) is 11.8 Å². The van der Waals surface area contributed by atoms with Crippen molar-refractivity contribution in [3.8, 4) is 0 Å². The molecule has 2 aromatic rings. The molecule has 6 heteroatoms. The summed E-state index contributed by atoms with van der Waals surface area (Å²) >= 11 is 0. The van der Waals surface area contributed by atoms with Crippen LogP contribution in [0.4, 0.5) is 11.4 Å². The number of rotatable bonds is 4. The Morgan fingerprint density at radius 2 is 1.41 bits per heavy atom. The summed E-state index contributed by atoms with van der Waals surface area (Å²) in [6, 6.07) is 14.7. The number of hydrogen-bond donors (Lipinski definition) is 2. The summed E-state index contributed by atoms with van der Waals surface area (Å²) in [6.45, 7) is 7.83. The molecule has 1 heterocycles. The van der Waals surface area contributed by atoms with E-state index in [0.29, 0.717) is 16.8 Å². The number of benzene rings is 2. The zero-order valence-corrected chi connectivity index (χ0v) is 17.3. The largest absolute Gasteiger partial charge is 0.350 e. The second-order valence-electron chi connectivity index (χ2n) is 8.13. The van der Waals surface area contributed by atoms with E-state index in [1.165, 1.54) is 19.5 Å². The summed E-state index contributed by atoms with van der Waals surface area (Å²) in [6.07, 6.45) is 0. The van der Waals surface area contributed by atoms with E-state index in [-0.39, 0.29) is 28.8 Å². The molecule has 1 aliphatic rings. The average molecular weight is 391 g/mol. The van der Waals surface area contributed by atoms with Gasteiger partial charge in [0, 0.05) is 25.3 Å². The van der Waals surface area contributed by atoms with Crippen molar-refractivity contribution in [3.63, 3.8) is 0 Å². The fourth-order valence-corrected chi connectivity index (χ4v) is 3.15. The van der Waals surface area contributed by atoms with Gasteiger partial charge in [0.15, 0.2) is 0 Å². The van der Waals surface area contributed by atoms with Crippen LogP contribution in [-0.2, 0) is 19.8 Å². The van der Waals surface area contributed by atoms with Gasteiger partial charge in [-0.2, -0.15) is 0 Å². The summed E-state index contributed by atoms with van der Waals surface area (Å²) in [5.74, 6) is -0.920. The van der Waals surface area contributed by atoms with Gasteiger partial charge in [0.2, 0.25) is 5.91 Å². The lowest BCUT2D eigenvalue weighted by molar-refractivity contribution is -0.135. The van der Waals surface area contributed by atoms with Crippen molar-refractivity contribution in [2.45, 2.75) is 33.1 Å². The predicted molar refractivity (Wildman–Crippen MR) is 114 cm³/mol. The van der Waals surface area contributed by atoms with Crippen LogP contribution in [0.3, 0.4) is 0 Å². The molecule has 29 heavy (non-hydrogen) atoms. The predicted octanol–water partition coefficient (Wildman–Crippen LogP) is 3.76. The van der Waals surface area contributed by atoms with Crippen molar-refractivity contribution in [1.82, 2.24) is 4.90 Å². The van der Waals surface area contributed by atoms with E-state index in [0.717, 1.165) is 10.6 Å².